The summed E-state index contributed by atoms with van der Waals surface area (Å²) in [6.07, 6.45) is 0. The summed E-state index contributed by atoms with van der Waals surface area (Å²) in [6, 6.07) is 0.0189. The van der Waals surface area contributed by atoms with Crippen LogP contribution in [0.5, 0.6) is 0 Å². The van der Waals surface area contributed by atoms with Gasteiger partial charge in [-0.05, 0) is 6.92 Å². The number of anilines is 1. The SMILES string of the molecule is COCC(C)N(C)C(=O)c1csc(N)n1. The van der Waals surface area contributed by atoms with Gasteiger partial charge >= 0.3 is 0 Å². The maximum absolute atomic E-state index is 11.8. The van der Waals surface area contributed by atoms with E-state index >= 15 is 0 Å². The minimum absolute atomic E-state index is 0.0189. The molecule has 1 amide bonds. The van der Waals surface area contributed by atoms with Gasteiger partial charge in [-0.3, -0.25) is 4.79 Å². The average Bonchev–Trinajstić information content (AvgIpc) is 2.63. The van der Waals surface area contributed by atoms with Crippen LogP contribution in [0.4, 0.5) is 5.13 Å². The fraction of sp³-hybridized carbons (Fsp3) is 0.556. The summed E-state index contributed by atoms with van der Waals surface area (Å²) in [5.41, 5.74) is 5.85. The largest absolute Gasteiger partial charge is 0.383 e. The van der Waals surface area contributed by atoms with Crippen LogP contribution in [0, 0.1) is 0 Å². The van der Waals surface area contributed by atoms with Crippen LogP contribution < -0.4 is 5.73 Å². The third-order valence-electron chi connectivity index (χ3n) is 2.13. The molecule has 5 nitrogen and oxygen atoms in total. The Hall–Kier alpha value is -1.14. The minimum Gasteiger partial charge on any atom is -0.383 e. The second kappa shape index (κ2) is 5.09. The summed E-state index contributed by atoms with van der Waals surface area (Å²) >= 11 is 1.26. The molecule has 0 aliphatic carbocycles. The lowest BCUT2D eigenvalue weighted by atomic mass is 10.3. The number of carbonyl (C=O) groups is 1. The molecule has 0 radical (unpaired) electrons. The highest BCUT2D eigenvalue weighted by Crippen LogP contribution is 2.13. The number of nitrogens with two attached hydrogens (primary N) is 1. The molecule has 84 valence electrons. The Labute approximate surface area is 92.9 Å². The van der Waals surface area contributed by atoms with E-state index < -0.39 is 0 Å². The molecule has 1 unspecified atom stereocenters. The lowest BCUT2D eigenvalue weighted by molar-refractivity contribution is 0.0629. The maximum atomic E-state index is 11.8. The molecule has 0 saturated heterocycles. The quantitative estimate of drug-likeness (QED) is 0.830. The van der Waals surface area contributed by atoms with Crippen LogP contribution in [0.1, 0.15) is 17.4 Å². The van der Waals surface area contributed by atoms with Gasteiger partial charge in [0.15, 0.2) is 5.13 Å². The van der Waals surface area contributed by atoms with Gasteiger partial charge in [0.2, 0.25) is 0 Å². The van der Waals surface area contributed by atoms with Gasteiger partial charge in [-0.1, -0.05) is 0 Å². The summed E-state index contributed by atoms with van der Waals surface area (Å²) in [6.45, 7) is 2.42. The molecule has 1 rings (SSSR count). The number of carbonyl (C=O) groups excluding carboxylic acids is 1. The van der Waals surface area contributed by atoms with Crippen LogP contribution in [0.25, 0.3) is 0 Å². The van der Waals surface area contributed by atoms with E-state index in [1.807, 2.05) is 6.92 Å². The number of aromatic nitrogens is 1. The number of hydrogen-bond donors (Lipinski definition) is 1. The summed E-state index contributed by atoms with van der Waals surface area (Å²) < 4.78 is 4.98. The molecule has 0 spiro atoms. The van der Waals surface area contributed by atoms with Crippen molar-refractivity contribution in [2.24, 2.45) is 0 Å². The Morgan fingerprint density at radius 3 is 2.93 bits per heavy atom. The fourth-order valence-corrected chi connectivity index (χ4v) is 1.66. The molecule has 1 heterocycles. The predicted molar refractivity (Wildman–Crippen MR) is 60.0 cm³/mol. The van der Waals surface area contributed by atoms with E-state index in [2.05, 4.69) is 4.98 Å². The summed E-state index contributed by atoms with van der Waals surface area (Å²) in [4.78, 5) is 17.4. The summed E-state index contributed by atoms with van der Waals surface area (Å²) in [7, 11) is 3.33. The van der Waals surface area contributed by atoms with Gasteiger partial charge in [0, 0.05) is 19.5 Å². The van der Waals surface area contributed by atoms with E-state index in [1.165, 1.54) is 11.3 Å². The molecule has 1 aromatic rings. The molecule has 1 aromatic heterocycles. The molecule has 0 aliphatic heterocycles. The van der Waals surface area contributed by atoms with Crippen LogP contribution in [-0.4, -0.2) is 42.6 Å². The number of rotatable bonds is 4. The number of likely N-dealkylation sites (N-methyl/N-ethyl adjacent to an activating group) is 1. The first-order chi connectivity index (χ1) is 7.06. The molecule has 1 atom stereocenters. The Kier molecular flexibility index (Phi) is 4.05. The van der Waals surface area contributed by atoms with E-state index in [4.69, 9.17) is 10.5 Å². The number of hydrogen-bond acceptors (Lipinski definition) is 5. The second-order valence-electron chi connectivity index (χ2n) is 3.29. The number of nitrogens with zero attached hydrogens (tertiary/aromatic N) is 2. The highest BCUT2D eigenvalue weighted by atomic mass is 32.1. The Bertz CT molecular complexity index is 340. The standard InChI is InChI=1S/C9H15N3O2S/c1-6(4-14-3)12(2)8(13)7-5-15-9(10)11-7/h5-6H,4H2,1-3H3,(H2,10,11). The molecule has 0 fully saturated rings. The second-order valence-corrected chi connectivity index (χ2v) is 4.18. The number of thiazole rings is 1. The van der Waals surface area contributed by atoms with Crippen LogP contribution >= 0.6 is 11.3 Å². The van der Waals surface area contributed by atoms with Crippen molar-refractivity contribution in [1.29, 1.82) is 0 Å². The maximum Gasteiger partial charge on any atom is 0.273 e. The van der Waals surface area contributed by atoms with Crippen LogP contribution in [0.3, 0.4) is 0 Å². The first-order valence-corrected chi connectivity index (χ1v) is 5.41. The first-order valence-electron chi connectivity index (χ1n) is 4.53. The van der Waals surface area contributed by atoms with Crippen LogP contribution in [0.15, 0.2) is 5.38 Å². The lowest BCUT2D eigenvalue weighted by Crippen LogP contribution is -2.37. The van der Waals surface area contributed by atoms with Crippen molar-refractivity contribution in [2.75, 3.05) is 26.5 Å². The van der Waals surface area contributed by atoms with Gasteiger partial charge in [0.25, 0.3) is 5.91 Å². The van der Waals surface area contributed by atoms with Crippen LogP contribution in [0.2, 0.25) is 0 Å². The first kappa shape index (κ1) is 11.9. The third kappa shape index (κ3) is 2.90. The topological polar surface area (TPSA) is 68.5 Å². The molecule has 6 heteroatoms. The highest BCUT2D eigenvalue weighted by molar-refractivity contribution is 7.13. The molecule has 0 saturated carbocycles. The van der Waals surface area contributed by atoms with E-state index in [-0.39, 0.29) is 11.9 Å². The zero-order chi connectivity index (χ0) is 11.4. The normalized spacial score (nSPS) is 12.5. The van der Waals surface area contributed by atoms with Gasteiger partial charge in [-0.15, -0.1) is 11.3 Å². The zero-order valence-corrected chi connectivity index (χ0v) is 9.87. The number of amides is 1. The van der Waals surface area contributed by atoms with Gasteiger partial charge in [0.1, 0.15) is 5.69 Å². The van der Waals surface area contributed by atoms with Crippen molar-refractivity contribution >= 4 is 22.4 Å². The van der Waals surface area contributed by atoms with Gasteiger partial charge in [-0.2, -0.15) is 0 Å². The molecule has 0 aliphatic rings. The Morgan fingerprint density at radius 1 is 1.80 bits per heavy atom. The monoisotopic (exact) mass is 229 g/mol. The van der Waals surface area contributed by atoms with Crippen molar-refractivity contribution in [3.63, 3.8) is 0 Å². The highest BCUT2D eigenvalue weighted by Gasteiger charge is 2.19. The number of ether oxygens (including phenoxy) is 1. The van der Waals surface area contributed by atoms with E-state index in [9.17, 15) is 4.79 Å². The van der Waals surface area contributed by atoms with E-state index in [0.29, 0.717) is 17.4 Å². The Morgan fingerprint density at radius 2 is 2.47 bits per heavy atom. The van der Waals surface area contributed by atoms with E-state index in [1.54, 1.807) is 24.4 Å². The van der Waals surface area contributed by atoms with Crippen molar-refractivity contribution < 1.29 is 9.53 Å². The fourth-order valence-electron chi connectivity index (χ4n) is 1.12. The van der Waals surface area contributed by atoms with Gasteiger partial charge in [-0.25, -0.2) is 4.98 Å². The molecular formula is C9H15N3O2S. The van der Waals surface area contributed by atoms with Crippen LogP contribution in [-0.2, 0) is 4.74 Å². The number of methoxy groups -OCH3 is 1. The zero-order valence-electron chi connectivity index (χ0n) is 9.06. The molecule has 2 N–H and O–H groups in total. The van der Waals surface area contributed by atoms with Gasteiger partial charge < -0.3 is 15.4 Å². The van der Waals surface area contributed by atoms with Crippen molar-refractivity contribution in [2.45, 2.75) is 13.0 Å². The average molecular weight is 229 g/mol. The lowest BCUT2D eigenvalue weighted by Gasteiger charge is -2.23. The summed E-state index contributed by atoms with van der Waals surface area (Å²) in [5, 5.41) is 2.07. The molecule has 0 aromatic carbocycles. The van der Waals surface area contributed by atoms with Crippen molar-refractivity contribution in [3.8, 4) is 0 Å². The Balaban J connectivity index is 2.68. The predicted octanol–water partition coefficient (Wildman–Crippen LogP) is 0.832. The smallest absolute Gasteiger partial charge is 0.273 e. The minimum atomic E-state index is -0.132. The molecule has 0 bridgehead atoms. The summed E-state index contributed by atoms with van der Waals surface area (Å²) in [5.74, 6) is -0.132. The van der Waals surface area contributed by atoms with Crippen molar-refractivity contribution in [1.82, 2.24) is 9.88 Å². The third-order valence-corrected chi connectivity index (χ3v) is 2.80. The molecular weight excluding hydrogens is 214 g/mol. The van der Waals surface area contributed by atoms with E-state index in [0.717, 1.165) is 0 Å². The van der Waals surface area contributed by atoms with Gasteiger partial charge in [0.05, 0.1) is 12.6 Å². The van der Waals surface area contributed by atoms with Crippen molar-refractivity contribution in [3.05, 3.63) is 11.1 Å². The number of nitrogen functional groups attached to an aromatic ring is 1. The molecule has 15 heavy (non-hydrogen) atoms.